The zero-order valence-corrected chi connectivity index (χ0v) is 27.8. The van der Waals surface area contributed by atoms with Crippen molar-refractivity contribution in [1.29, 1.82) is 0 Å². The minimum absolute atomic E-state index is 0.367. The molecule has 0 aliphatic carbocycles. The summed E-state index contributed by atoms with van der Waals surface area (Å²) in [6, 6.07) is -0.994. The molecule has 0 bridgehead atoms. The Morgan fingerprint density at radius 3 is 1.43 bits per heavy atom. The smallest absolute Gasteiger partial charge is 0.249 e. The van der Waals surface area contributed by atoms with Crippen molar-refractivity contribution in [3.63, 3.8) is 0 Å². The first-order valence-corrected chi connectivity index (χ1v) is 18.1. The quantitative estimate of drug-likeness (QED) is 0.0396. The number of hydrogen-bond acceptors (Lipinski definition) is 5. The molecule has 250 valence electrons. The molecule has 0 aromatic heterocycles. The van der Waals surface area contributed by atoms with Crippen LogP contribution in [0.5, 0.6) is 0 Å². The van der Waals surface area contributed by atoms with Crippen LogP contribution < -0.4 is 5.32 Å². The molecule has 6 heteroatoms. The van der Waals surface area contributed by atoms with Gasteiger partial charge in [0, 0.05) is 0 Å². The molecule has 0 aliphatic heterocycles. The monoisotopic (exact) mass is 598 g/mol. The number of rotatable bonds is 32. The fourth-order valence-corrected chi connectivity index (χ4v) is 5.52. The molecule has 0 saturated heterocycles. The van der Waals surface area contributed by atoms with Crippen molar-refractivity contribution < 1.29 is 25.2 Å². The van der Waals surface area contributed by atoms with Gasteiger partial charge in [-0.05, 0) is 38.5 Å². The highest BCUT2D eigenvalue weighted by Crippen LogP contribution is 2.15. The minimum Gasteiger partial charge on any atom is -0.394 e. The van der Waals surface area contributed by atoms with Gasteiger partial charge in [-0.25, -0.2) is 0 Å². The zero-order valence-electron chi connectivity index (χ0n) is 27.8. The van der Waals surface area contributed by atoms with E-state index >= 15 is 0 Å². The normalized spacial score (nSPS) is 14.7. The lowest BCUT2D eigenvalue weighted by Crippen LogP contribution is -2.53. The van der Waals surface area contributed by atoms with Gasteiger partial charge in [0.2, 0.25) is 5.91 Å². The average molecular weight is 598 g/mol. The molecule has 6 nitrogen and oxygen atoms in total. The van der Waals surface area contributed by atoms with Crippen molar-refractivity contribution in [3.8, 4) is 0 Å². The van der Waals surface area contributed by atoms with E-state index in [1.807, 2.05) is 0 Å². The maximum Gasteiger partial charge on any atom is 0.249 e. The van der Waals surface area contributed by atoms with E-state index in [9.17, 15) is 25.2 Å². The van der Waals surface area contributed by atoms with Crippen LogP contribution >= 0.6 is 0 Å². The predicted molar refractivity (Wildman–Crippen MR) is 178 cm³/mol. The Hall–Kier alpha value is -0.950. The average Bonchev–Trinajstić information content (AvgIpc) is 2.99. The fourth-order valence-electron chi connectivity index (χ4n) is 5.52. The molecular weight excluding hydrogens is 526 g/mol. The Morgan fingerprint density at radius 2 is 0.976 bits per heavy atom. The molecule has 0 aliphatic rings. The summed E-state index contributed by atoms with van der Waals surface area (Å²) in [5.74, 6) is -0.595. The van der Waals surface area contributed by atoms with Crippen LogP contribution in [0.2, 0.25) is 0 Å². The van der Waals surface area contributed by atoms with Gasteiger partial charge in [-0.2, -0.15) is 0 Å². The zero-order chi connectivity index (χ0) is 31.1. The highest BCUT2D eigenvalue weighted by Gasteiger charge is 2.28. The van der Waals surface area contributed by atoms with E-state index in [1.165, 1.54) is 116 Å². The van der Waals surface area contributed by atoms with Crippen LogP contribution in [0.15, 0.2) is 12.2 Å². The summed E-state index contributed by atoms with van der Waals surface area (Å²) in [6.45, 7) is 4.00. The van der Waals surface area contributed by atoms with E-state index in [1.54, 1.807) is 0 Å². The van der Waals surface area contributed by atoms with Crippen LogP contribution in [-0.2, 0) is 4.79 Å². The van der Waals surface area contributed by atoms with Gasteiger partial charge in [-0.3, -0.25) is 4.79 Å². The molecule has 0 radical (unpaired) electrons. The van der Waals surface area contributed by atoms with Crippen molar-refractivity contribution in [2.75, 3.05) is 6.61 Å². The first kappa shape index (κ1) is 41.0. The number of aliphatic hydroxyl groups excluding tert-OH is 4. The van der Waals surface area contributed by atoms with Crippen molar-refractivity contribution in [2.45, 2.75) is 205 Å². The van der Waals surface area contributed by atoms with E-state index in [2.05, 4.69) is 31.3 Å². The summed E-state index contributed by atoms with van der Waals surface area (Å²) < 4.78 is 0. The van der Waals surface area contributed by atoms with Crippen molar-refractivity contribution in [1.82, 2.24) is 5.32 Å². The Morgan fingerprint density at radius 1 is 0.571 bits per heavy atom. The largest absolute Gasteiger partial charge is 0.394 e. The summed E-state index contributed by atoms with van der Waals surface area (Å²) in [4.78, 5) is 12.4. The lowest BCUT2D eigenvalue weighted by Gasteiger charge is -2.27. The first-order valence-electron chi connectivity index (χ1n) is 18.1. The molecule has 1 amide bonds. The Labute approximate surface area is 260 Å². The summed E-state index contributed by atoms with van der Waals surface area (Å²) in [7, 11) is 0. The van der Waals surface area contributed by atoms with Crippen LogP contribution in [0, 0.1) is 0 Å². The summed E-state index contributed by atoms with van der Waals surface area (Å²) in [5.41, 5.74) is 0. The minimum atomic E-state index is -1.27. The van der Waals surface area contributed by atoms with E-state index in [0.717, 1.165) is 38.5 Å². The number of amides is 1. The molecule has 0 saturated carbocycles. The molecule has 42 heavy (non-hydrogen) atoms. The maximum absolute atomic E-state index is 12.4. The van der Waals surface area contributed by atoms with Gasteiger partial charge in [0.1, 0.15) is 12.2 Å². The summed E-state index contributed by atoms with van der Waals surface area (Å²) >= 11 is 0. The molecule has 0 aromatic rings. The highest BCUT2D eigenvalue weighted by molar-refractivity contribution is 5.80. The Balaban J connectivity index is 3.87. The summed E-state index contributed by atoms with van der Waals surface area (Å²) in [6.07, 6.45) is 30.9. The third-order valence-corrected chi connectivity index (χ3v) is 8.48. The number of carbonyl (C=O) groups is 1. The van der Waals surface area contributed by atoms with Crippen LogP contribution in [-0.4, -0.2) is 57.3 Å². The topological polar surface area (TPSA) is 110 Å². The molecule has 0 aromatic carbocycles. The number of carbonyl (C=O) groups excluding carboxylic acids is 1. The van der Waals surface area contributed by atoms with Gasteiger partial charge in [0.25, 0.3) is 0 Å². The van der Waals surface area contributed by atoms with Crippen molar-refractivity contribution >= 4 is 5.91 Å². The maximum atomic E-state index is 12.4. The highest BCUT2D eigenvalue weighted by atomic mass is 16.3. The Kier molecular flexibility index (Phi) is 30.8. The van der Waals surface area contributed by atoms with Gasteiger partial charge in [-0.1, -0.05) is 154 Å². The molecular formula is C36H71NO5. The Bertz CT molecular complexity index is 599. The second-order valence-electron chi connectivity index (χ2n) is 12.6. The lowest BCUT2D eigenvalue weighted by atomic mass is 10.00. The van der Waals surface area contributed by atoms with Crippen LogP contribution in [0.3, 0.4) is 0 Å². The molecule has 5 N–H and O–H groups in total. The standard InChI is InChI=1S/C36H71NO5/c1-3-5-7-9-11-13-15-17-18-20-21-23-25-27-29-33(39)35(41)32(31-38)37-36(42)34(40)30-28-26-24-22-19-16-14-12-10-8-6-4-2/h21,23,32-35,38-41H,3-20,22,24-31H2,1-2H3,(H,37,42)/b23-21+. The molecule has 4 unspecified atom stereocenters. The van der Waals surface area contributed by atoms with Gasteiger partial charge in [0.15, 0.2) is 0 Å². The van der Waals surface area contributed by atoms with E-state index in [4.69, 9.17) is 0 Å². The van der Waals surface area contributed by atoms with Crippen molar-refractivity contribution in [2.24, 2.45) is 0 Å². The molecule has 0 fully saturated rings. The van der Waals surface area contributed by atoms with Crippen LogP contribution in [0.4, 0.5) is 0 Å². The molecule has 0 heterocycles. The number of nitrogens with one attached hydrogen (secondary N) is 1. The van der Waals surface area contributed by atoms with Gasteiger partial charge in [-0.15, -0.1) is 0 Å². The van der Waals surface area contributed by atoms with Crippen LogP contribution in [0.25, 0.3) is 0 Å². The molecule has 0 spiro atoms. The third-order valence-electron chi connectivity index (χ3n) is 8.48. The second-order valence-corrected chi connectivity index (χ2v) is 12.6. The third kappa shape index (κ3) is 25.5. The van der Waals surface area contributed by atoms with E-state index in [0.29, 0.717) is 12.8 Å². The number of aliphatic hydroxyl groups is 4. The number of allylic oxidation sites excluding steroid dienone is 2. The van der Waals surface area contributed by atoms with Gasteiger partial charge < -0.3 is 25.7 Å². The van der Waals surface area contributed by atoms with Gasteiger partial charge >= 0.3 is 0 Å². The van der Waals surface area contributed by atoms with E-state index in [-0.39, 0.29) is 0 Å². The SMILES string of the molecule is CCCCCCCCCCC/C=C/CCCC(O)C(O)C(CO)NC(=O)C(O)CCCCCCCCCCCCCC. The lowest BCUT2D eigenvalue weighted by molar-refractivity contribution is -0.132. The second kappa shape index (κ2) is 31.5. The molecule has 0 rings (SSSR count). The number of unbranched alkanes of at least 4 members (excludes halogenated alkanes) is 21. The number of hydrogen-bond donors (Lipinski definition) is 5. The van der Waals surface area contributed by atoms with Gasteiger partial charge in [0.05, 0.1) is 18.8 Å². The molecule has 4 atom stereocenters. The van der Waals surface area contributed by atoms with Crippen molar-refractivity contribution in [3.05, 3.63) is 12.2 Å². The summed E-state index contributed by atoms with van der Waals surface area (Å²) in [5, 5.41) is 43.3. The fraction of sp³-hybridized carbons (Fsp3) is 0.917. The van der Waals surface area contributed by atoms with Crippen LogP contribution in [0.1, 0.15) is 181 Å². The predicted octanol–water partition coefficient (Wildman–Crippen LogP) is 8.28. The first-order chi connectivity index (χ1) is 20.5. The van der Waals surface area contributed by atoms with E-state index < -0.39 is 36.9 Å².